The number of nitrogens with zero attached hydrogens (tertiary/aromatic N) is 1. The van der Waals surface area contributed by atoms with E-state index in [9.17, 15) is 0 Å². The highest BCUT2D eigenvalue weighted by Gasteiger charge is 2.40. The van der Waals surface area contributed by atoms with Crippen LogP contribution in [-0.4, -0.2) is 11.0 Å². The van der Waals surface area contributed by atoms with E-state index in [0.717, 1.165) is 6.42 Å². The Morgan fingerprint density at radius 3 is 2.05 bits per heavy atom. The fraction of sp³-hybridized carbons (Fsp3) is 0.350. The van der Waals surface area contributed by atoms with Gasteiger partial charge in [-0.05, 0) is 38.3 Å². The summed E-state index contributed by atoms with van der Waals surface area (Å²) in [5.41, 5.74) is 6.40. The zero-order valence-corrected chi connectivity index (χ0v) is 14.6. The van der Waals surface area contributed by atoms with Crippen LogP contribution in [0.2, 0.25) is 0 Å². The van der Waals surface area contributed by atoms with Gasteiger partial charge in [-0.2, -0.15) is 0 Å². The smallest absolute Gasteiger partial charge is 0.132 e. The molecule has 2 heteroatoms. The first-order valence-corrected chi connectivity index (χ1v) is 8.84. The van der Waals surface area contributed by atoms with Crippen LogP contribution in [0.25, 0.3) is 0 Å². The third-order valence-electron chi connectivity index (χ3n) is 4.39. The van der Waals surface area contributed by atoms with Crippen LogP contribution in [0.4, 0.5) is 0 Å². The zero-order valence-electron chi connectivity index (χ0n) is 13.8. The van der Waals surface area contributed by atoms with E-state index >= 15 is 0 Å². The zero-order chi connectivity index (χ0) is 15.7. The molecule has 1 nitrogen and oxygen atoms in total. The van der Waals surface area contributed by atoms with E-state index in [4.69, 9.17) is 4.99 Å². The number of aryl methyl sites for hydroxylation is 2. The molecule has 0 unspecified atom stereocenters. The molecule has 3 rings (SSSR count). The molecule has 114 valence electrons. The fourth-order valence-corrected chi connectivity index (χ4v) is 4.47. The van der Waals surface area contributed by atoms with E-state index in [2.05, 4.69) is 76.2 Å². The third-order valence-corrected chi connectivity index (χ3v) is 5.97. The Bertz CT molecular complexity index is 685. The van der Waals surface area contributed by atoms with Gasteiger partial charge in [0, 0.05) is 5.25 Å². The van der Waals surface area contributed by atoms with Gasteiger partial charge >= 0.3 is 0 Å². The van der Waals surface area contributed by atoms with Crippen molar-refractivity contribution in [1.82, 2.24) is 0 Å². The molecule has 0 amide bonds. The summed E-state index contributed by atoms with van der Waals surface area (Å²) < 4.78 is 0. The summed E-state index contributed by atoms with van der Waals surface area (Å²) in [5.74, 6) is 0. The van der Waals surface area contributed by atoms with Crippen molar-refractivity contribution >= 4 is 17.5 Å². The van der Waals surface area contributed by atoms with Gasteiger partial charge in [0.2, 0.25) is 0 Å². The van der Waals surface area contributed by atoms with Gasteiger partial charge in [-0.3, -0.25) is 4.99 Å². The molecule has 0 spiro atoms. The van der Waals surface area contributed by atoms with Gasteiger partial charge in [-0.1, -0.05) is 66.6 Å². The molecule has 0 fully saturated rings. The first-order valence-electron chi connectivity index (χ1n) is 7.96. The lowest BCUT2D eigenvalue weighted by Gasteiger charge is -2.25. The summed E-state index contributed by atoms with van der Waals surface area (Å²) in [5, 5.41) is 0.420. The van der Waals surface area contributed by atoms with Crippen LogP contribution in [-0.2, 0) is 4.87 Å². The Balaban J connectivity index is 2.03. The summed E-state index contributed by atoms with van der Waals surface area (Å²) in [6.45, 7) is 8.77. The maximum absolute atomic E-state index is 5.20. The molecule has 22 heavy (non-hydrogen) atoms. The monoisotopic (exact) mass is 309 g/mol. The van der Waals surface area contributed by atoms with Crippen LogP contribution in [0.15, 0.2) is 53.5 Å². The average Bonchev–Trinajstić information content (AvgIpc) is 2.87. The van der Waals surface area contributed by atoms with Crippen molar-refractivity contribution in [3.05, 3.63) is 70.8 Å². The minimum Gasteiger partial charge on any atom is -0.266 e. The Kier molecular flexibility index (Phi) is 4.14. The van der Waals surface area contributed by atoms with E-state index in [-0.39, 0.29) is 4.87 Å². The topological polar surface area (TPSA) is 12.4 Å². The molecule has 2 aromatic carbocycles. The van der Waals surface area contributed by atoms with Crippen LogP contribution in [0.3, 0.4) is 0 Å². The second-order valence-corrected chi connectivity index (χ2v) is 7.75. The molecule has 0 radical (unpaired) electrons. The molecule has 0 aromatic heterocycles. The summed E-state index contributed by atoms with van der Waals surface area (Å²) in [6, 6.07) is 17.6. The number of hydrogen-bond donors (Lipinski definition) is 0. The second kappa shape index (κ2) is 5.92. The van der Waals surface area contributed by atoms with Gasteiger partial charge in [0.05, 0.1) is 5.71 Å². The molecule has 0 aliphatic carbocycles. The second-order valence-electron chi connectivity index (χ2n) is 6.13. The molecular weight excluding hydrogens is 286 g/mol. The van der Waals surface area contributed by atoms with E-state index in [1.165, 1.54) is 28.0 Å². The first kappa shape index (κ1) is 15.4. The van der Waals surface area contributed by atoms with Crippen molar-refractivity contribution in [3.8, 4) is 0 Å². The summed E-state index contributed by atoms with van der Waals surface area (Å²) >= 11 is 1.98. The van der Waals surface area contributed by atoms with E-state index in [1.807, 2.05) is 11.8 Å². The van der Waals surface area contributed by atoms with Gasteiger partial charge in [0.25, 0.3) is 0 Å². The molecule has 2 aromatic rings. The summed E-state index contributed by atoms with van der Waals surface area (Å²) in [7, 11) is 0. The van der Waals surface area contributed by atoms with Crippen molar-refractivity contribution < 1.29 is 0 Å². The quantitative estimate of drug-likeness (QED) is 0.730. The van der Waals surface area contributed by atoms with Crippen LogP contribution in [0, 0.1) is 13.8 Å². The lowest BCUT2D eigenvalue weighted by atomic mass is 10.0. The van der Waals surface area contributed by atoms with Crippen molar-refractivity contribution in [3.63, 3.8) is 0 Å². The van der Waals surface area contributed by atoms with Crippen molar-refractivity contribution in [2.75, 3.05) is 0 Å². The van der Waals surface area contributed by atoms with Crippen molar-refractivity contribution in [2.45, 2.75) is 44.2 Å². The van der Waals surface area contributed by atoms with Gasteiger partial charge in [0.1, 0.15) is 4.87 Å². The predicted molar refractivity (Wildman–Crippen MR) is 97.9 cm³/mol. The molecule has 1 aliphatic heterocycles. The van der Waals surface area contributed by atoms with Crippen molar-refractivity contribution in [2.24, 2.45) is 4.99 Å². The third kappa shape index (κ3) is 2.72. The maximum atomic E-state index is 5.20. The van der Waals surface area contributed by atoms with Gasteiger partial charge in [-0.25, -0.2) is 0 Å². The Morgan fingerprint density at radius 2 is 1.50 bits per heavy atom. The lowest BCUT2D eigenvalue weighted by molar-refractivity contribution is 0.642. The van der Waals surface area contributed by atoms with Gasteiger partial charge < -0.3 is 0 Å². The summed E-state index contributed by atoms with van der Waals surface area (Å²) in [6.07, 6.45) is 1.01. The van der Waals surface area contributed by atoms with E-state index < -0.39 is 0 Å². The van der Waals surface area contributed by atoms with Crippen LogP contribution < -0.4 is 0 Å². The molecule has 0 saturated carbocycles. The van der Waals surface area contributed by atoms with Crippen LogP contribution in [0.1, 0.15) is 42.5 Å². The fourth-order valence-electron chi connectivity index (χ4n) is 3.00. The number of hydrogen-bond acceptors (Lipinski definition) is 2. The molecule has 1 heterocycles. The maximum Gasteiger partial charge on any atom is 0.132 e. The Labute approximate surface area is 137 Å². The van der Waals surface area contributed by atoms with Crippen LogP contribution in [0.5, 0.6) is 0 Å². The number of thioether (sulfide) groups is 1. The minimum atomic E-state index is -0.132. The number of aliphatic imine (C=N–C) groups is 1. The predicted octanol–water partition coefficient (Wildman–Crippen LogP) is 5.49. The number of rotatable bonds is 3. The molecular formula is C20H23NS. The summed E-state index contributed by atoms with van der Waals surface area (Å²) in [4.78, 5) is 5.07. The minimum absolute atomic E-state index is 0.132. The highest BCUT2D eigenvalue weighted by molar-refractivity contribution is 8.01. The van der Waals surface area contributed by atoms with Crippen LogP contribution >= 0.6 is 11.8 Å². The standard InChI is InChI=1S/C20H23NS/c1-5-20(18-12-8-15(3)9-13-18)21-19(16(4)22-20)17-10-6-14(2)7-11-17/h6-13,16H,5H2,1-4H3/t16-,20-/m0/s1. The highest BCUT2D eigenvalue weighted by atomic mass is 32.2. The molecule has 0 saturated heterocycles. The molecule has 0 N–H and O–H groups in total. The average molecular weight is 309 g/mol. The van der Waals surface area contributed by atoms with E-state index in [1.54, 1.807) is 0 Å². The van der Waals surface area contributed by atoms with E-state index in [0.29, 0.717) is 5.25 Å². The van der Waals surface area contributed by atoms with Crippen molar-refractivity contribution in [1.29, 1.82) is 0 Å². The number of benzene rings is 2. The highest BCUT2D eigenvalue weighted by Crippen LogP contribution is 2.49. The normalized spacial score (nSPS) is 24.4. The molecule has 2 atom stereocenters. The van der Waals surface area contributed by atoms with Gasteiger partial charge in [0.15, 0.2) is 0 Å². The molecule has 1 aliphatic rings. The Hall–Kier alpha value is -1.54. The largest absolute Gasteiger partial charge is 0.266 e. The lowest BCUT2D eigenvalue weighted by Crippen LogP contribution is -2.15. The van der Waals surface area contributed by atoms with Gasteiger partial charge in [-0.15, -0.1) is 11.8 Å². The SMILES string of the molecule is CC[C@]1(c2ccc(C)cc2)N=C(c2ccc(C)cc2)[C@H](C)S1. The Morgan fingerprint density at radius 1 is 0.955 bits per heavy atom. The molecule has 0 bridgehead atoms. The first-order chi connectivity index (χ1) is 10.5.